The van der Waals surface area contributed by atoms with E-state index in [4.69, 9.17) is 0 Å². The van der Waals surface area contributed by atoms with E-state index in [1.54, 1.807) is 19.6 Å². The Labute approximate surface area is 350 Å². The van der Waals surface area contributed by atoms with Gasteiger partial charge in [-0.15, -0.1) is 0 Å². The molecular weight excluding hydrogens is 798 g/mol. The number of hydrogen-bond acceptors (Lipinski definition) is 20. The smallest absolute Gasteiger partial charge is 0.317 e. The zero-order valence-corrected chi connectivity index (χ0v) is 34.5. The summed E-state index contributed by atoms with van der Waals surface area (Å²) in [5, 5.41) is 118. The Hall–Kier alpha value is -2.76. The Morgan fingerprint density at radius 1 is 0.433 bits per heavy atom. The van der Waals surface area contributed by atoms with Gasteiger partial charge < -0.3 is 66.8 Å². The van der Waals surface area contributed by atoms with Crippen molar-refractivity contribution in [3.63, 3.8) is 0 Å². The number of hydrogen-bond donors (Lipinski definition) is 13. The molecule has 6 unspecified atom stereocenters. The standard InChI is InChI=1S/C36H71N9O15/c46-26-30(50)36(60)35(59)29(49)21-45(19-27(47)17-39-5-1-37-2-8-42(24-33(55)56)12-16-44(15-9-39)25-34(57)58)20-28(48)18-43-13-10-40(22-31(51)52)6-3-38-4-7-41(11-14-43)23-32(53)54/h27-30,35-38,46-50,59-60H,1-26H2,(H,51,52)(H,53,54)(H,55,56)(H,57,58). The molecule has 24 heteroatoms. The number of rotatable bonds is 22. The molecule has 0 aromatic carbocycles. The average molecular weight is 870 g/mol. The number of nitrogens with one attached hydrogen (secondary N) is 2. The molecule has 2 heterocycles. The summed E-state index contributed by atoms with van der Waals surface area (Å²) in [6.07, 6.45) is -9.56. The van der Waals surface area contributed by atoms with Crippen LogP contribution in [-0.2, 0) is 19.2 Å². The molecule has 2 saturated heterocycles. The minimum Gasteiger partial charge on any atom is -0.480 e. The molecule has 0 radical (unpaired) electrons. The molecule has 0 amide bonds. The van der Waals surface area contributed by atoms with Gasteiger partial charge in [0, 0.05) is 137 Å². The fourth-order valence-electron chi connectivity index (χ4n) is 7.23. The predicted octanol–water partition coefficient (Wildman–Crippen LogP) is -8.20. The van der Waals surface area contributed by atoms with Crippen molar-refractivity contribution in [2.45, 2.75) is 36.6 Å². The second kappa shape index (κ2) is 29.5. The molecule has 2 fully saturated rings. The Bertz CT molecular complexity index is 1220. The lowest BCUT2D eigenvalue weighted by Crippen LogP contribution is -2.53. The summed E-state index contributed by atoms with van der Waals surface area (Å²) in [5.74, 6) is -4.04. The van der Waals surface area contributed by atoms with Crippen LogP contribution in [-0.4, -0.2) is 321 Å². The number of carboxylic acids is 4. The molecule has 24 nitrogen and oxygen atoms in total. The molecule has 0 aliphatic carbocycles. The van der Waals surface area contributed by atoms with E-state index in [1.165, 1.54) is 4.90 Å². The molecule has 350 valence electrons. The zero-order valence-electron chi connectivity index (χ0n) is 34.5. The van der Waals surface area contributed by atoms with E-state index in [0.29, 0.717) is 105 Å². The van der Waals surface area contributed by atoms with Gasteiger partial charge in [0.05, 0.1) is 51.1 Å². The van der Waals surface area contributed by atoms with E-state index < -0.39 is 73.7 Å². The van der Waals surface area contributed by atoms with E-state index in [-0.39, 0.29) is 52.4 Å². The summed E-state index contributed by atoms with van der Waals surface area (Å²) in [6, 6.07) is 0. The molecule has 2 rings (SSSR count). The Morgan fingerprint density at radius 3 is 1.05 bits per heavy atom. The zero-order chi connectivity index (χ0) is 44.6. The molecule has 2 aliphatic rings. The maximum atomic E-state index is 11.7. The van der Waals surface area contributed by atoms with Gasteiger partial charge in [0.1, 0.15) is 18.3 Å². The van der Waals surface area contributed by atoms with Crippen LogP contribution in [0.25, 0.3) is 0 Å². The van der Waals surface area contributed by atoms with Crippen LogP contribution in [0.1, 0.15) is 0 Å². The summed E-state index contributed by atoms with van der Waals surface area (Å²) in [6.45, 7) is 3.73. The summed E-state index contributed by atoms with van der Waals surface area (Å²) < 4.78 is 0. The molecular formula is C36H71N9O15. The van der Waals surface area contributed by atoms with Crippen molar-refractivity contribution < 1.29 is 75.3 Å². The second-order valence-corrected chi connectivity index (χ2v) is 15.6. The molecule has 13 N–H and O–H groups in total. The molecule has 0 spiro atoms. The molecule has 6 atom stereocenters. The lowest BCUT2D eigenvalue weighted by atomic mass is 10.0. The van der Waals surface area contributed by atoms with Crippen molar-refractivity contribution in [3.05, 3.63) is 0 Å². The van der Waals surface area contributed by atoms with Gasteiger partial charge in [-0.2, -0.15) is 0 Å². The van der Waals surface area contributed by atoms with Crippen LogP contribution >= 0.6 is 0 Å². The highest BCUT2D eigenvalue weighted by molar-refractivity contribution is 5.70. The SMILES string of the molecule is O=C(O)CN1CCNCCN(CC(O)CN(CC(O)CN2CCN(CC(=O)O)CCNCCN(CC(=O)O)CC2)CC(O)C(O)C(O)C(O)CO)CCN(CC(=O)O)CC1. The topological polar surface area (TPSA) is 338 Å². The third kappa shape index (κ3) is 23.5. The number of β-amino-alcohol motifs (C(OH)–C–C–N with tert-alkyl or cyclic N) is 2. The first-order chi connectivity index (χ1) is 28.4. The van der Waals surface area contributed by atoms with Crippen molar-refractivity contribution >= 4 is 23.9 Å². The monoisotopic (exact) mass is 870 g/mol. The summed E-state index contributed by atoms with van der Waals surface area (Å²) in [5.41, 5.74) is 0. The normalized spacial score (nSPS) is 22.3. The van der Waals surface area contributed by atoms with Crippen LogP contribution in [0.3, 0.4) is 0 Å². The quantitative estimate of drug-likeness (QED) is 0.0480. The summed E-state index contributed by atoms with van der Waals surface area (Å²) in [7, 11) is 0. The van der Waals surface area contributed by atoms with Crippen molar-refractivity contribution in [1.82, 2.24) is 44.9 Å². The minimum atomic E-state index is -1.92. The highest BCUT2D eigenvalue weighted by Crippen LogP contribution is 2.10. The fraction of sp³-hybridized carbons (Fsp3) is 0.889. The number of nitrogens with zero attached hydrogens (tertiary/aromatic N) is 7. The van der Waals surface area contributed by atoms with Gasteiger partial charge in [-0.1, -0.05) is 0 Å². The van der Waals surface area contributed by atoms with Gasteiger partial charge in [-0.3, -0.25) is 53.5 Å². The maximum Gasteiger partial charge on any atom is 0.317 e. The van der Waals surface area contributed by atoms with E-state index in [0.717, 1.165) is 0 Å². The number of aliphatic hydroxyl groups is 7. The van der Waals surface area contributed by atoms with Gasteiger partial charge in [0.25, 0.3) is 0 Å². The number of carbonyl (C=O) groups is 4. The van der Waals surface area contributed by atoms with Gasteiger partial charge >= 0.3 is 23.9 Å². The highest BCUT2D eigenvalue weighted by Gasteiger charge is 2.32. The van der Waals surface area contributed by atoms with E-state index in [2.05, 4.69) is 10.6 Å². The Morgan fingerprint density at radius 2 is 0.717 bits per heavy atom. The maximum absolute atomic E-state index is 11.7. The van der Waals surface area contributed by atoms with E-state index in [1.807, 2.05) is 9.80 Å². The minimum absolute atomic E-state index is 0.0261. The summed E-state index contributed by atoms with van der Waals surface area (Å²) >= 11 is 0. The van der Waals surface area contributed by atoms with Crippen molar-refractivity contribution in [2.24, 2.45) is 0 Å². The third-order valence-corrected chi connectivity index (χ3v) is 10.4. The molecule has 0 saturated carbocycles. The third-order valence-electron chi connectivity index (χ3n) is 10.4. The fourth-order valence-corrected chi connectivity index (χ4v) is 7.23. The van der Waals surface area contributed by atoms with Gasteiger partial charge in [-0.05, 0) is 0 Å². The van der Waals surface area contributed by atoms with E-state index >= 15 is 0 Å². The molecule has 0 bridgehead atoms. The van der Waals surface area contributed by atoms with Crippen LogP contribution in [0.15, 0.2) is 0 Å². The Kier molecular flexibility index (Phi) is 26.3. The molecule has 0 aromatic rings. The molecule has 0 aromatic heterocycles. The largest absolute Gasteiger partial charge is 0.480 e. The average Bonchev–Trinajstić information content (AvgIpc) is 3.15. The number of carboxylic acid groups (broad SMARTS) is 4. The second-order valence-electron chi connectivity index (χ2n) is 15.6. The van der Waals surface area contributed by atoms with E-state index in [9.17, 15) is 75.3 Å². The van der Waals surface area contributed by atoms with Crippen LogP contribution in [0.5, 0.6) is 0 Å². The van der Waals surface area contributed by atoms with Crippen LogP contribution in [0.4, 0.5) is 0 Å². The first-order valence-electron chi connectivity index (χ1n) is 20.5. The lowest BCUT2D eigenvalue weighted by Gasteiger charge is -2.36. The molecule has 2 aliphatic heterocycles. The first kappa shape index (κ1) is 53.4. The highest BCUT2D eigenvalue weighted by atomic mass is 16.4. The van der Waals surface area contributed by atoms with Crippen molar-refractivity contribution in [3.8, 4) is 0 Å². The van der Waals surface area contributed by atoms with Gasteiger partial charge in [0.15, 0.2) is 0 Å². The first-order valence-corrected chi connectivity index (χ1v) is 20.5. The number of aliphatic hydroxyl groups excluding tert-OH is 7. The predicted molar refractivity (Wildman–Crippen MR) is 214 cm³/mol. The summed E-state index contributed by atoms with van der Waals surface area (Å²) in [4.78, 5) is 58.3. The van der Waals surface area contributed by atoms with Crippen molar-refractivity contribution in [2.75, 3.05) is 170 Å². The van der Waals surface area contributed by atoms with Gasteiger partial charge in [-0.25, -0.2) is 0 Å². The number of aliphatic carboxylic acids is 4. The van der Waals surface area contributed by atoms with Crippen LogP contribution in [0.2, 0.25) is 0 Å². The van der Waals surface area contributed by atoms with Gasteiger partial charge in [0.2, 0.25) is 0 Å². The van der Waals surface area contributed by atoms with Crippen LogP contribution < -0.4 is 10.6 Å². The van der Waals surface area contributed by atoms with Crippen LogP contribution in [0, 0.1) is 0 Å². The Balaban J connectivity index is 2.25. The lowest BCUT2D eigenvalue weighted by molar-refractivity contribution is -0.140. The van der Waals surface area contributed by atoms with Crippen molar-refractivity contribution in [1.29, 1.82) is 0 Å². The molecule has 60 heavy (non-hydrogen) atoms.